The lowest BCUT2D eigenvalue weighted by Crippen LogP contribution is -2.51. The highest BCUT2D eigenvalue weighted by Crippen LogP contribution is 2.28. The van der Waals surface area contributed by atoms with Crippen LogP contribution in [-0.4, -0.2) is 86.0 Å². The first kappa shape index (κ1) is 24.1. The van der Waals surface area contributed by atoms with E-state index in [2.05, 4.69) is 11.9 Å². The van der Waals surface area contributed by atoms with E-state index in [1.807, 2.05) is 64.4 Å². The lowest BCUT2D eigenvalue weighted by molar-refractivity contribution is -0.139. The van der Waals surface area contributed by atoms with Crippen LogP contribution >= 0.6 is 0 Å². The Morgan fingerprint density at radius 1 is 0.882 bits per heavy atom. The van der Waals surface area contributed by atoms with Crippen LogP contribution in [-0.2, 0) is 16.0 Å². The molecule has 0 radical (unpaired) electrons. The van der Waals surface area contributed by atoms with E-state index in [-0.39, 0.29) is 30.3 Å². The number of piperazine rings is 1. The van der Waals surface area contributed by atoms with Crippen molar-refractivity contribution in [1.82, 2.24) is 14.7 Å². The maximum Gasteiger partial charge on any atom is 0.227 e. The average Bonchev–Trinajstić information content (AvgIpc) is 2.86. The molecule has 7 nitrogen and oxygen atoms in total. The Morgan fingerprint density at radius 3 is 2.32 bits per heavy atom. The Balaban J connectivity index is 1.44. The molecule has 0 saturated carbocycles. The summed E-state index contributed by atoms with van der Waals surface area (Å²) in [6, 6.07) is 17.4. The number of methoxy groups -OCH3 is 1. The van der Waals surface area contributed by atoms with Crippen molar-refractivity contribution in [3.8, 4) is 11.5 Å². The van der Waals surface area contributed by atoms with Gasteiger partial charge in [0.2, 0.25) is 11.8 Å². The zero-order valence-electron chi connectivity index (χ0n) is 20.2. The quantitative estimate of drug-likeness (QED) is 0.629. The number of nitrogens with zero attached hydrogens (tertiary/aromatic N) is 3. The van der Waals surface area contributed by atoms with Crippen molar-refractivity contribution >= 4 is 11.8 Å². The van der Waals surface area contributed by atoms with Crippen molar-refractivity contribution in [3.63, 3.8) is 0 Å². The molecule has 34 heavy (non-hydrogen) atoms. The van der Waals surface area contributed by atoms with Gasteiger partial charge in [-0.25, -0.2) is 0 Å². The Hall–Kier alpha value is -3.06. The van der Waals surface area contributed by atoms with Gasteiger partial charge in [-0.05, 0) is 25.2 Å². The van der Waals surface area contributed by atoms with E-state index in [1.165, 1.54) is 0 Å². The van der Waals surface area contributed by atoms with Crippen LogP contribution < -0.4 is 9.47 Å². The SMILES string of the molecule is COc1ccccc1CC(=O)N1CC[C@H](Oc2ccccc2)[C@@H](CC(=O)N2CCN(C)CC2)C1. The lowest BCUT2D eigenvalue weighted by atomic mass is 9.90. The molecular weight excluding hydrogens is 430 g/mol. The minimum atomic E-state index is -0.103. The topological polar surface area (TPSA) is 62.3 Å². The van der Waals surface area contributed by atoms with E-state index in [4.69, 9.17) is 9.47 Å². The molecule has 2 aromatic carbocycles. The minimum Gasteiger partial charge on any atom is -0.496 e. The highest BCUT2D eigenvalue weighted by atomic mass is 16.5. The third-order valence-corrected chi connectivity index (χ3v) is 6.87. The van der Waals surface area contributed by atoms with Gasteiger partial charge in [0.25, 0.3) is 0 Å². The monoisotopic (exact) mass is 465 g/mol. The molecule has 0 unspecified atom stereocenters. The standard InChI is InChI=1S/C27H35N3O4/c1-28-14-16-29(17-15-28)26(31)19-22-20-30(13-12-25(22)34-23-9-4-3-5-10-23)27(32)18-21-8-6-7-11-24(21)33-2/h3-11,22,25H,12-20H2,1-2H3/t22-,25-/m0/s1. The van der Waals surface area contributed by atoms with E-state index in [0.29, 0.717) is 25.9 Å². The number of para-hydroxylation sites is 2. The number of carbonyl (C=O) groups excluding carboxylic acids is 2. The van der Waals surface area contributed by atoms with Gasteiger partial charge < -0.3 is 24.2 Å². The second-order valence-corrected chi connectivity index (χ2v) is 9.23. The number of hydrogen-bond donors (Lipinski definition) is 0. The molecule has 2 atom stereocenters. The van der Waals surface area contributed by atoms with Gasteiger partial charge in [-0.1, -0.05) is 36.4 Å². The fourth-order valence-corrected chi connectivity index (χ4v) is 4.80. The van der Waals surface area contributed by atoms with Crippen LogP contribution in [0.4, 0.5) is 0 Å². The van der Waals surface area contributed by atoms with Gasteiger partial charge in [-0.2, -0.15) is 0 Å². The van der Waals surface area contributed by atoms with Gasteiger partial charge in [0.05, 0.1) is 13.5 Å². The third kappa shape index (κ3) is 6.08. The molecule has 2 fully saturated rings. The maximum atomic E-state index is 13.2. The number of amides is 2. The van der Waals surface area contributed by atoms with Gasteiger partial charge in [-0.3, -0.25) is 9.59 Å². The first-order valence-corrected chi connectivity index (χ1v) is 12.1. The number of likely N-dealkylation sites (N-methyl/N-ethyl adjacent to an activating group) is 1. The summed E-state index contributed by atoms with van der Waals surface area (Å²) in [4.78, 5) is 32.4. The van der Waals surface area contributed by atoms with E-state index < -0.39 is 0 Å². The molecule has 4 rings (SSSR count). The Kier molecular flexibility index (Phi) is 8.06. The Morgan fingerprint density at radius 2 is 1.59 bits per heavy atom. The van der Waals surface area contributed by atoms with Gasteiger partial charge in [0.15, 0.2) is 0 Å². The average molecular weight is 466 g/mol. The molecule has 2 aliphatic rings. The van der Waals surface area contributed by atoms with E-state index in [9.17, 15) is 9.59 Å². The Bertz CT molecular complexity index is 959. The van der Waals surface area contributed by atoms with E-state index >= 15 is 0 Å². The molecule has 0 aromatic heterocycles. The molecule has 2 aromatic rings. The molecule has 0 N–H and O–H groups in total. The van der Waals surface area contributed by atoms with E-state index in [0.717, 1.165) is 43.2 Å². The van der Waals surface area contributed by atoms with Crippen LogP contribution in [0.1, 0.15) is 18.4 Å². The van der Waals surface area contributed by atoms with Gasteiger partial charge in [0.1, 0.15) is 17.6 Å². The second-order valence-electron chi connectivity index (χ2n) is 9.23. The molecule has 2 heterocycles. The molecule has 2 aliphatic heterocycles. The van der Waals surface area contributed by atoms with Crippen molar-refractivity contribution in [1.29, 1.82) is 0 Å². The summed E-state index contributed by atoms with van der Waals surface area (Å²) in [5, 5.41) is 0. The van der Waals surface area contributed by atoms with Crippen LogP contribution in [0, 0.1) is 5.92 Å². The van der Waals surface area contributed by atoms with Crippen molar-refractivity contribution in [2.45, 2.75) is 25.4 Å². The molecule has 0 bridgehead atoms. The molecule has 2 saturated heterocycles. The summed E-state index contributed by atoms with van der Waals surface area (Å²) in [7, 11) is 3.70. The van der Waals surface area contributed by atoms with Crippen molar-refractivity contribution in [2.75, 3.05) is 53.4 Å². The summed E-state index contributed by atoms with van der Waals surface area (Å²) in [6.07, 6.45) is 1.27. The van der Waals surface area contributed by atoms with Crippen LogP contribution in [0.2, 0.25) is 0 Å². The normalized spacial score (nSPS) is 21.2. The van der Waals surface area contributed by atoms with Crippen LogP contribution in [0.25, 0.3) is 0 Å². The maximum absolute atomic E-state index is 13.2. The molecule has 0 spiro atoms. The lowest BCUT2D eigenvalue weighted by Gasteiger charge is -2.40. The highest BCUT2D eigenvalue weighted by Gasteiger charge is 2.35. The van der Waals surface area contributed by atoms with Gasteiger partial charge in [-0.15, -0.1) is 0 Å². The zero-order chi connectivity index (χ0) is 23.9. The molecule has 7 heteroatoms. The predicted octanol–water partition coefficient (Wildman–Crippen LogP) is 2.70. The number of hydrogen-bond acceptors (Lipinski definition) is 5. The fourth-order valence-electron chi connectivity index (χ4n) is 4.80. The van der Waals surface area contributed by atoms with Crippen molar-refractivity contribution in [3.05, 3.63) is 60.2 Å². The summed E-state index contributed by atoms with van der Waals surface area (Å²) in [6.45, 7) is 4.43. The van der Waals surface area contributed by atoms with Crippen molar-refractivity contribution < 1.29 is 19.1 Å². The number of rotatable bonds is 7. The number of likely N-dealkylation sites (tertiary alicyclic amines) is 1. The fraction of sp³-hybridized carbons (Fsp3) is 0.481. The predicted molar refractivity (Wildman–Crippen MR) is 131 cm³/mol. The number of carbonyl (C=O) groups is 2. The number of ether oxygens (including phenoxy) is 2. The molecular formula is C27H35N3O4. The first-order valence-electron chi connectivity index (χ1n) is 12.1. The Labute approximate surface area is 202 Å². The van der Waals surface area contributed by atoms with Crippen molar-refractivity contribution in [2.24, 2.45) is 5.92 Å². The van der Waals surface area contributed by atoms with Gasteiger partial charge >= 0.3 is 0 Å². The number of piperidine rings is 1. The molecule has 2 amide bonds. The second kappa shape index (κ2) is 11.4. The van der Waals surface area contributed by atoms with E-state index in [1.54, 1.807) is 7.11 Å². The zero-order valence-corrected chi connectivity index (χ0v) is 20.2. The van der Waals surface area contributed by atoms with Crippen LogP contribution in [0.15, 0.2) is 54.6 Å². The third-order valence-electron chi connectivity index (χ3n) is 6.87. The summed E-state index contributed by atoms with van der Waals surface area (Å²) in [5.74, 6) is 1.68. The first-order chi connectivity index (χ1) is 16.5. The summed E-state index contributed by atoms with van der Waals surface area (Å²) < 4.78 is 11.7. The van der Waals surface area contributed by atoms with Crippen LogP contribution in [0.5, 0.6) is 11.5 Å². The summed E-state index contributed by atoms with van der Waals surface area (Å²) >= 11 is 0. The number of benzene rings is 2. The van der Waals surface area contributed by atoms with Crippen LogP contribution in [0.3, 0.4) is 0 Å². The molecule has 182 valence electrons. The summed E-state index contributed by atoms with van der Waals surface area (Å²) in [5.41, 5.74) is 0.878. The highest BCUT2D eigenvalue weighted by molar-refractivity contribution is 5.80. The molecule has 0 aliphatic carbocycles. The smallest absolute Gasteiger partial charge is 0.227 e. The largest absolute Gasteiger partial charge is 0.496 e. The van der Waals surface area contributed by atoms with Gasteiger partial charge in [0, 0.05) is 63.6 Å². The minimum absolute atomic E-state index is 0.0530.